The van der Waals surface area contributed by atoms with Crippen LogP contribution < -0.4 is 11.1 Å². The number of fused-ring (bicyclic) bond motifs is 1. The zero-order valence-corrected chi connectivity index (χ0v) is 14.0. The molecule has 1 saturated heterocycles. The Morgan fingerprint density at radius 3 is 2.76 bits per heavy atom. The molecule has 1 aliphatic carbocycles. The van der Waals surface area contributed by atoms with E-state index in [9.17, 15) is 4.79 Å². The van der Waals surface area contributed by atoms with Gasteiger partial charge in [-0.15, -0.1) is 0 Å². The fourth-order valence-corrected chi connectivity index (χ4v) is 3.78. The van der Waals surface area contributed by atoms with Gasteiger partial charge in [0.15, 0.2) is 0 Å². The van der Waals surface area contributed by atoms with Gasteiger partial charge in [-0.05, 0) is 18.3 Å². The molecule has 0 spiro atoms. The summed E-state index contributed by atoms with van der Waals surface area (Å²) in [5.74, 6) is 0.110. The van der Waals surface area contributed by atoms with E-state index in [0.717, 1.165) is 12.8 Å². The van der Waals surface area contributed by atoms with E-state index < -0.39 is 5.54 Å². The third-order valence-electron chi connectivity index (χ3n) is 5.54. The number of ether oxygens (including phenoxy) is 2. The Balaban J connectivity index is 1.97. The molecule has 2 rings (SSSR count). The number of methoxy groups -OCH3 is 1. The first kappa shape index (κ1) is 16.7. The van der Waals surface area contributed by atoms with Crippen molar-refractivity contribution in [3.05, 3.63) is 0 Å². The Bertz CT molecular complexity index is 408. The summed E-state index contributed by atoms with van der Waals surface area (Å²) in [7, 11) is 1.70. The lowest BCUT2D eigenvalue weighted by Gasteiger charge is -2.60. The average Bonchev–Trinajstić information content (AvgIpc) is 2.90. The number of amides is 1. The van der Waals surface area contributed by atoms with Crippen LogP contribution in [-0.2, 0) is 14.3 Å². The van der Waals surface area contributed by atoms with Crippen LogP contribution in [0.15, 0.2) is 0 Å². The zero-order chi connectivity index (χ0) is 15.9. The van der Waals surface area contributed by atoms with Crippen molar-refractivity contribution < 1.29 is 14.3 Å². The number of carbonyl (C=O) groups excluding carboxylic acids is 1. The van der Waals surface area contributed by atoms with Gasteiger partial charge in [0.1, 0.15) is 5.54 Å². The molecule has 2 aliphatic rings. The number of nitrogens with two attached hydrogens (primary N) is 1. The van der Waals surface area contributed by atoms with Gasteiger partial charge in [0, 0.05) is 38.2 Å². The molecule has 1 aliphatic heterocycles. The van der Waals surface area contributed by atoms with Crippen LogP contribution in [0.4, 0.5) is 0 Å². The first-order valence-corrected chi connectivity index (χ1v) is 7.84. The van der Waals surface area contributed by atoms with E-state index in [1.807, 2.05) is 13.8 Å². The lowest BCUT2D eigenvalue weighted by atomic mass is 9.48. The summed E-state index contributed by atoms with van der Waals surface area (Å²) < 4.78 is 10.9. The highest BCUT2D eigenvalue weighted by atomic mass is 16.5. The molecule has 3 atom stereocenters. The Morgan fingerprint density at radius 2 is 2.14 bits per heavy atom. The summed E-state index contributed by atoms with van der Waals surface area (Å²) in [5, 5.41) is 3.07. The maximum Gasteiger partial charge on any atom is 0.241 e. The van der Waals surface area contributed by atoms with Crippen molar-refractivity contribution in [2.75, 3.05) is 26.9 Å². The van der Waals surface area contributed by atoms with Gasteiger partial charge in [-0.25, -0.2) is 0 Å². The van der Waals surface area contributed by atoms with Crippen molar-refractivity contribution in [1.29, 1.82) is 0 Å². The van der Waals surface area contributed by atoms with Gasteiger partial charge in [0.05, 0.1) is 6.10 Å². The van der Waals surface area contributed by atoms with E-state index in [-0.39, 0.29) is 28.8 Å². The van der Waals surface area contributed by atoms with Crippen molar-refractivity contribution in [2.45, 2.75) is 52.2 Å². The Labute approximate surface area is 127 Å². The number of rotatable bonds is 6. The molecular formula is C16H30N2O3. The highest BCUT2D eigenvalue weighted by Gasteiger charge is 2.71. The SMILES string of the molecule is COCCC(C)(C)CNC(=O)C1(N)C2CCOC2C1(C)C. The van der Waals surface area contributed by atoms with Crippen LogP contribution in [0.3, 0.4) is 0 Å². The second-order valence-electron chi connectivity index (χ2n) is 7.87. The van der Waals surface area contributed by atoms with Crippen LogP contribution in [0.1, 0.15) is 40.5 Å². The number of carbonyl (C=O) groups is 1. The molecule has 1 amide bonds. The molecular weight excluding hydrogens is 268 g/mol. The normalized spacial score (nSPS) is 34.2. The molecule has 2 fully saturated rings. The van der Waals surface area contributed by atoms with Crippen LogP contribution in [0.2, 0.25) is 0 Å². The van der Waals surface area contributed by atoms with Gasteiger partial charge in [0.25, 0.3) is 0 Å². The van der Waals surface area contributed by atoms with Gasteiger partial charge < -0.3 is 20.5 Å². The van der Waals surface area contributed by atoms with Crippen LogP contribution in [0, 0.1) is 16.7 Å². The zero-order valence-electron chi connectivity index (χ0n) is 14.0. The minimum atomic E-state index is -0.814. The minimum absolute atomic E-state index is 0.00149. The van der Waals surface area contributed by atoms with Gasteiger partial charge in [-0.3, -0.25) is 4.79 Å². The maximum atomic E-state index is 12.7. The monoisotopic (exact) mass is 298 g/mol. The summed E-state index contributed by atoms with van der Waals surface area (Å²) in [6, 6.07) is 0. The van der Waals surface area contributed by atoms with E-state index in [1.165, 1.54) is 0 Å². The molecule has 0 bridgehead atoms. The van der Waals surface area contributed by atoms with Crippen molar-refractivity contribution in [1.82, 2.24) is 5.32 Å². The van der Waals surface area contributed by atoms with Gasteiger partial charge in [-0.2, -0.15) is 0 Å². The quantitative estimate of drug-likeness (QED) is 0.775. The third kappa shape index (κ3) is 2.60. The lowest BCUT2D eigenvalue weighted by Crippen LogP contribution is -2.80. The molecule has 1 heterocycles. The molecule has 1 saturated carbocycles. The molecule has 5 heteroatoms. The molecule has 0 aromatic carbocycles. The topological polar surface area (TPSA) is 73.6 Å². The predicted molar refractivity (Wildman–Crippen MR) is 81.8 cm³/mol. The van der Waals surface area contributed by atoms with E-state index >= 15 is 0 Å². The van der Waals surface area contributed by atoms with E-state index in [4.69, 9.17) is 15.2 Å². The summed E-state index contributed by atoms with van der Waals surface area (Å²) in [6.45, 7) is 10.4. The van der Waals surface area contributed by atoms with Gasteiger partial charge >= 0.3 is 0 Å². The van der Waals surface area contributed by atoms with Crippen molar-refractivity contribution in [3.63, 3.8) is 0 Å². The minimum Gasteiger partial charge on any atom is -0.385 e. The molecule has 5 nitrogen and oxygen atoms in total. The molecule has 3 unspecified atom stereocenters. The number of nitrogens with one attached hydrogen (secondary N) is 1. The van der Waals surface area contributed by atoms with Crippen LogP contribution in [0.5, 0.6) is 0 Å². The van der Waals surface area contributed by atoms with Crippen molar-refractivity contribution in [3.8, 4) is 0 Å². The van der Waals surface area contributed by atoms with E-state index in [1.54, 1.807) is 7.11 Å². The smallest absolute Gasteiger partial charge is 0.241 e. The first-order chi connectivity index (χ1) is 9.67. The molecule has 0 aromatic rings. The molecule has 0 aromatic heterocycles. The standard InChI is InChI=1S/C16H30N2O3/c1-14(2,7-9-20-5)10-18-13(19)16(17)11-6-8-21-12(11)15(16,3)4/h11-12H,6-10,17H2,1-5H3,(H,18,19). The van der Waals surface area contributed by atoms with Gasteiger partial charge in [-0.1, -0.05) is 27.7 Å². The van der Waals surface area contributed by atoms with E-state index in [0.29, 0.717) is 19.8 Å². The molecule has 0 radical (unpaired) electrons. The summed E-state index contributed by atoms with van der Waals surface area (Å²) in [5.41, 5.74) is 5.40. The lowest BCUT2D eigenvalue weighted by molar-refractivity contribution is -0.175. The Morgan fingerprint density at radius 1 is 1.48 bits per heavy atom. The summed E-state index contributed by atoms with van der Waals surface area (Å²) in [4.78, 5) is 12.7. The summed E-state index contributed by atoms with van der Waals surface area (Å²) in [6.07, 6.45) is 1.90. The van der Waals surface area contributed by atoms with Crippen LogP contribution in [-0.4, -0.2) is 44.4 Å². The fourth-order valence-electron chi connectivity index (χ4n) is 3.78. The first-order valence-electron chi connectivity index (χ1n) is 7.84. The Hall–Kier alpha value is -0.650. The number of hydrogen-bond acceptors (Lipinski definition) is 4. The Kier molecular flexibility index (Phi) is 4.40. The number of hydrogen-bond donors (Lipinski definition) is 2. The molecule has 3 N–H and O–H groups in total. The molecule has 122 valence electrons. The largest absolute Gasteiger partial charge is 0.385 e. The van der Waals surface area contributed by atoms with E-state index in [2.05, 4.69) is 19.2 Å². The highest BCUT2D eigenvalue weighted by Crippen LogP contribution is 2.58. The average molecular weight is 298 g/mol. The maximum absolute atomic E-state index is 12.7. The second-order valence-corrected chi connectivity index (χ2v) is 7.87. The fraction of sp³-hybridized carbons (Fsp3) is 0.938. The third-order valence-corrected chi connectivity index (χ3v) is 5.54. The van der Waals surface area contributed by atoms with Crippen molar-refractivity contribution >= 4 is 5.91 Å². The van der Waals surface area contributed by atoms with Crippen LogP contribution in [0.25, 0.3) is 0 Å². The van der Waals surface area contributed by atoms with Crippen LogP contribution >= 0.6 is 0 Å². The summed E-state index contributed by atoms with van der Waals surface area (Å²) >= 11 is 0. The van der Waals surface area contributed by atoms with Gasteiger partial charge in [0.2, 0.25) is 5.91 Å². The highest BCUT2D eigenvalue weighted by molar-refractivity contribution is 5.89. The predicted octanol–water partition coefficient (Wildman–Crippen LogP) is 1.31. The molecule has 21 heavy (non-hydrogen) atoms. The van der Waals surface area contributed by atoms with Crippen molar-refractivity contribution in [2.24, 2.45) is 22.5 Å². The second kappa shape index (κ2) is 5.52.